The number of esters is 1. The molecular formula is C17H22N4O3Y. The summed E-state index contributed by atoms with van der Waals surface area (Å²) in [4.78, 5) is 20.3. The number of nitrogens with one attached hydrogen (secondary N) is 1. The Labute approximate surface area is 171 Å². The molecule has 0 spiro atoms. The van der Waals surface area contributed by atoms with E-state index in [4.69, 9.17) is 11.3 Å². The summed E-state index contributed by atoms with van der Waals surface area (Å²) in [5.74, 6) is 0.768. The van der Waals surface area contributed by atoms with Gasteiger partial charge in [0.2, 0.25) is 5.88 Å². The van der Waals surface area contributed by atoms with Crippen LogP contribution in [0.3, 0.4) is 0 Å². The van der Waals surface area contributed by atoms with Crippen LogP contribution in [-0.4, -0.2) is 31.8 Å². The van der Waals surface area contributed by atoms with Gasteiger partial charge in [-0.25, -0.2) is 19.1 Å². The fraction of sp³-hybridized carbons (Fsp3) is 0.588. The number of rotatable bonds is 2. The average Bonchev–Trinajstić information content (AvgIpc) is 2.99. The number of ether oxygens (including phenoxy) is 1. The number of aromatic nitrogens is 3. The molecule has 7 nitrogen and oxygen atoms in total. The summed E-state index contributed by atoms with van der Waals surface area (Å²) in [5, 5.41) is 13.0. The maximum absolute atomic E-state index is 12.8. The van der Waals surface area contributed by atoms with Crippen molar-refractivity contribution in [3.05, 3.63) is 22.8 Å². The van der Waals surface area contributed by atoms with Crippen molar-refractivity contribution in [1.29, 1.82) is 0 Å². The van der Waals surface area contributed by atoms with Crippen LogP contribution in [0.15, 0.2) is 0 Å². The van der Waals surface area contributed by atoms with Crippen molar-refractivity contribution in [3.8, 4) is 5.88 Å². The second-order valence-corrected chi connectivity index (χ2v) is 7.03. The number of aromatic amines is 1. The molecule has 0 amide bonds. The maximum Gasteiger partial charge on any atom is 0.331 e. The number of carbonyl (C=O) groups is 1. The summed E-state index contributed by atoms with van der Waals surface area (Å²) in [6.45, 7) is 15.4. The van der Waals surface area contributed by atoms with Gasteiger partial charge in [-0.1, -0.05) is 20.8 Å². The van der Waals surface area contributed by atoms with E-state index < -0.39 is 5.97 Å². The van der Waals surface area contributed by atoms with Crippen LogP contribution in [0.25, 0.3) is 10.5 Å². The minimum absolute atomic E-state index is 0. The van der Waals surface area contributed by atoms with Gasteiger partial charge in [0.15, 0.2) is 5.65 Å². The van der Waals surface area contributed by atoms with Crippen molar-refractivity contribution in [2.24, 2.45) is 17.8 Å². The number of H-pyrrole nitrogens is 1. The number of aryl methyl sites for hydroxylation is 1. The first-order valence-corrected chi connectivity index (χ1v) is 8.21. The summed E-state index contributed by atoms with van der Waals surface area (Å²) in [7, 11) is 0. The third-order valence-electron chi connectivity index (χ3n) is 4.87. The summed E-state index contributed by atoms with van der Waals surface area (Å²) >= 11 is 0. The van der Waals surface area contributed by atoms with E-state index in [0.29, 0.717) is 11.7 Å². The number of hydrogen-bond acceptors (Lipinski definition) is 4. The van der Waals surface area contributed by atoms with Crippen LogP contribution in [0.1, 0.15) is 49.8 Å². The predicted octanol–water partition coefficient (Wildman–Crippen LogP) is 3.45. The fourth-order valence-corrected chi connectivity index (χ4v) is 4.00. The molecule has 2 N–H and O–H groups in total. The van der Waals surface area contributed by atoms with Gasteiger partial charge in [0.1, 0.15) is 17.5 Å². The third-order valence-corrected chi connectivity index (χ3v) is 4.87. The average molecular weight is 419 g/mol. The molecule has 2 aromatic heterocycles. The second kappa shape index (κ2) is 7.47. The zero-order chi connectivity index (χ0) is 17.6. The largest absolute Gasteiger partial charge is 0.502 e. The Bertz CT molecular complexity index is 823. The van der Waals surface area contributed by atoms with Crippen molar-refractivity contribution in [2.75, 3.05) is 0 Å². The first-order valence-electron chi connectivity index (χ1n) is 8.21. The zero-order valence-electron chi connectivity index (χ0n) is 14.9. The molecule has 2 atom stereocenters. The molecule has 1 aliphatic rings. The van der Waals surface area contributed by atoms with Gasteiger partial charge in [0, 0.05) is 32.7 Å². The smallest absolute Gasteiger partial charge is 0.331 e. The standard InChI is InChI=1S/C17H22N4O3.Y/c1-8-6-9(2)14(10(3)7-8)24-17(23)12-13(18-5)16(22)21-15(12)19-11(4)20-21;/h8-10,14,22H,6-7H2,1-4H3,(H,19,20);. The van der Waals surface area contributed by atoms with Gasteiger partial charge in [0.05, 0.1) is 6.57 Å². The maximum atomic E-state index is 12.8. The van der Waals surface area contributed by atoms with Crippen LogP contribution in [0.4, 0.5) is 5.69 Å². The molecular weight excluding hydrogens is 397 g/mol. The van der Waals surface area contributed by atoms with Crippen LogP contribution in [0.2, 0.25) is 0 Å². The molecule has 1 radical (unpaired) electrons. The summed E-state index contributed by atoms with van der Waals surface area (Å²) in [6.07, 6.45) is 1.83. The molecule has 1 fully saturated rings. The van der Waals surface area contributed by atoms with Gasteiger partial charge in [-0.05, 0) is 37.5 Å². The first kappa shape index (κ1) is 19.9. The molecule has 1 saturated carbocycles. The minimum Gasteiger partial charge on any atom is -0.502 e. The van der Waals surface area contributed by atoms with Gasteiger partial charge in [-0.15, -0.1) is 0 Å². The predicted molar refractivity (Wildman–Crippen MR) is 88.1 cm³/mol. The third kappa shape index (κ3) is 3.47. The molecule has 3 rings (SSSR count). The van der Waals surface area contributed by atoms with Gasteiger partial charge < -0.3 is 9.84 Å². The van der Waals surface area contributed by atoms with E-state index in [1.165, 1.54) is 4.52 Å². The number of nitrogens with zero attached hydrogens (tertiary/aromatic N) is 3. The normalized spacial score (nSPS) is 26.0. The minimum atomic E-state index is -0.594. The van der Waals surface area contributed by atoms with Gasteiger partial charge >= 0.3 is 5.97 Å². The molecule has 0 bridgehead atoms. The van der Waals surface area contributed by atoms with Gasteiger partial charge in [-0.3, -0.25) is 5.10 Å². The monoisotopic (exact) mass is 419 g/mol. The Morgan fingerprint density at radius 2 is 1.96 bits per heavy atom. The molecule has 2 aromatic rings. The molecule has 8 heteroatoms. The fourth-order valence-electron chi connectivity index (χ4n) is 4.00. The first-order chi connectivity index (χ1) is 11.3. The summed E-state index contributed by atoms with van der Waals surface area (Å²) in [6, 6.07) is 0. The van der Waals surface area contributed by atoms with Crippen LogP contribution in [-0.2, 0) is 37.4 Å². The summed E-state index contributed by atoms with van der Waals surface area (Å²) in [5.41, 5.74) is 0.138. The van der Waals surface area contributed by atoms with E-state index >= 15 is 0 Å². The Morgan fingerprint density at radius 3 is 2.52 bits per heavy atom. The van der Waals surface area contributed by atoms with Crippen molar-refractivity contribution in [3.63, 3.8) is 0 Å². The molecule has 131 valence electrons. The number of fused-ring (bicyclic) bond motifs is 1. The second-order valence-electron chi connectivity index (χ2n) is 7.03. The molecule has 25 heavy (non-hydrogen) atoms. The van der Waals surface area contributed by atoms with Crippen molar-refractivity contribution in [1.82, 2.24) is 14.6 Å². The van der Waals surface area contributed by atoms with Crippen molar-refractivity contribution in [2.45, 2.75) is 46.6 Å². The Hall–Kier alpha value is -1.39. The van der Waals surface area contributed by atoms with Crippen LogP contribution < -0.4 is 0 Å². The zero-order valence-corrected chi connectivity index (χ0v) is 17.7. The van der Waals surface area contributed by atoms with E-state index in [-0.39, 0.29) is 73.4 Å². The topological polar surface area (TPSA) is 84.0 Å². The quantitative estimate of drug-likeness (QED) is 0.577. The molecule has 0 aliphatic heterocycles. The van der Waals surface area contributed by atoms with Crippen molar-refractivity contribution < 1.29 is 47.3 Å². The molecule has 0 saturated heterocycles. The number of aromatic hydroxyl groups is 1. The van der Waals surface area contributed by atoms with Crippen LogP contribution in [0.5, 0.6) is 5.88 Å². The van der Waals surface area contributed by atoms with E-state index in [1.54, 1.807) is 6.92 Å². The van der Waals surface area contributed by atoms with E-state index in [9.17, 15) is 9.90 Å². The Morgan fingerprint density at radius 1 is 1.36 bits per heavy atom. The van der Waals surface area contributed by atoms with Crippen LogP contribution >= 0.6 is 0 Å². The molecule has 1 aliphatic carbocycles. The Balaban J connectivity index is 0.00000225. The van der Waals surface area contributed by atoms with E-state index in [0.717, 1.165) is 12.8 Å². The van der Waals surface area contributed by atoms with E-state index in [1.807, 2.05) is 0 Å². The van der Waals surface area contributed by atoms with Crippen molar-refractivity contribution >= 4 is 17.3 Å². The van der Waals surface area contributed by atoms with Gasteiger partial charge in [-0.2, -0.15) is 0 Å². The van der Waals surface area contributed by atoms with E-state index in [2.05, 4.69) is 35.7 Å². The SMILES string of the molecule is [C-]#[N+]c1c(C(=O)OC2C(C)CC(C)CC2C)c2nc(C)[nH]n2c1O.[Y]. The van der Waals surface area contributed by atoms with Gasteiger partial charge in [0.25, 0.3) is 5.69 Å². The molecule has 2 unspecified atom stereocenters. The number of carbonyl (C=O) groups excluding carboxylic acids is 1. The Kier molecular flexibility index (Phi) is 5.95. The summed E-state index contributed by atoms with van der Waals surface area (Å²) < 4.78 is 7.01. The van der Waals surface area contributed by atoms with Crippen LogP contribution in [0, 0.1) is 31.2 Å². The molecule has 0 aromatic carbocycles. The molecule has 2 heterocycles. The number of hydrogen-bond donors (Lipinski definition) is 2.